The van der Waals surface area contributed by atoms with Gasteiger partial charge < -0.3 is 10.2 Å². The van der Waals surface area contributed by atoms with Crippen molar-refractivity contribution in [2.45, 2.75) is 32.7 Å². The third-order valence-corrected chi connectivity index (χ3v) is 3.77. The van der Waals surface area contributed by atoms with E-state index in [9.17, 15) is 4.79 Å². The van der Waals surface area contributed by atoms with E-state index in [1.165, 1.54) is 24.8 Å². The van der Waals surface area contributed by atoms with Gasteiger partial charge in [-0.15, -0.1) is 0 Å². The van der Waals surface area contributed by atoms with Crippen LogP contribution in [0, 0.1) is 5.92 Å². The van der Waals surface area contributed by atoms with Crippen molar-refractivity contribution in [2.75, 3.05) is 18.9 Å². The molecule has 1 aromatic carbocycles. The monoisotopic (exact) mass is 246 g/mol. The fraction of sp³-hybridized carbons (Fsp3) is 0.533. The molecule has 1 saturated carbocycles. The van der Waals surface area contributed by atoms with Crippen LogP contribution in [0.5, 0.6) is 0 Å². The van der Waals surface area contributed by atoms with Gasteiger partial charge in [-0.25, -0.2) is 0 Å². The Morgan fingerprint density at radius 1 is 1.39 bits per heavy atom. The van der Waals surface area contributed by atoms with Gasteiger partial charge in [-0.1, -0.05) is 24.6 Å². The summed E-state index contributed by atoms with van der Waals surface area (Å²) in [5, 5.41) is 3.52. The van der Waals surface area contributed by atoms with Crippen LogP contribution < -0.4 is 5.32 Å². The van der Waals surface area contributed by atoms with Gasteiger partial charge in [-0.2, -0.15) is 0 Å². The number of anilines is 1. The van der Waals surface area contributed by atoms with E-state index in [1.54, 1.807) is 11.8 Å². The Labute approximate surface area is 109 Å². The number of carbonyl (C=O) groups is 1. The Hall–Kier alpha value is -1.51. The molecule has 0 aromatic heterocycles. The summed E-state index contributed by atoms with van der Waals surface area (Å²) < 4.78 is 0. The van der Waals surface area contributed by atoms with Crippen molar-refractivity contribution in [1.29, 1.82) is 0 Å². The highest BCUT2D eigenvalue weighted by atomic mass is 16.2. The lowest BCUT2D eigenvalue weighted by Crippen LogP contribution is -2.25. The van der Waals surface area contributed by atoms with E-state index in [1.807, 2.05) is 19.2 Å². The fourth-order valence-corrected chi connectivity index (χ4v) is 2.15. The van der Waals surface area contributed by atoms with Crippen molar-refractivity contribution in [1.82, 2.24) is 4.90 Å². The zero-order valence-corrected chi connectivity index (χ0v) is 11.3. The van der Waals surface area contributed by atoms with Gasteiger partial charge in [0.2, 0.25) is 5.91 Å². The zero-order chi connectivity index (χ0) is 13.0. The summed E-state index contributed by atoms with van der Waals surface area (Å²) in [6, 6.07) is 8.25. The SMILES string of the molecule is CC(=O)N(C)Cc1ccccc1NCC1CCC1. The molecule has 0 unspecified atom stereocenters. The van der Waals surface area contributed by atoms with Crippen molar-refractivity contribution in [2.24, 2.45) is 5.92 Å². The average Bonchev–Trinajstić information content (AvgIpc) is 2.29. The van der Waals surface area contributed by atoms with Crippen LogP contribution in [0.2, 0.25) is 0 Å². The number of benzene rings is 1. The molecule has 3 nitrogen and oxygen atoms in total. The van der Waals surface area contributed by atoms with Gasteiger partial charge in [-0.3, -0.25) is 4.79 Å². The van der Waals surface area contributed by atoms with Crippen LogP contribution in [0.3, 0.4) is 0 Å². The molecule has 18 heavy (non-hydrogen) atoms. The Kier molecular flexibility index (Phi) is 4.24. The van der Waals surface area contributed by atoms with E-state index in [0.29, 0.717) is 6.54 Å². The summed E-state index contributed by atoms with van der Waals surface area (Å²) >= 11 is 0. The molecule has 0 radical (unpaired) electrons. The second kappa shape index (κ2) is 5.89. The molecular weight excluding hydrogens is 224 g/mol. The molecule has 1 amide bonds. The summed E-state index contributed by atoms with van der Waals surface area (Å²) in [5.41, 5.74) is 2.35. The van der Waals surface area contributed by atoms with E-state index >= 15 is 0 Å². The lowest BCUT2D eigenvalue weighted by Gasteiger charge is -2.27. The topological polar surface area (TPSA) is 32.3 Å². The van der Waals surface area contributed by atoms with E-state index < -0.39 is 0 Å². The third-order valence-electron chi connectivity index (χ3n) is 3.77. The first-order valence-electron chi connectivity index (χ1n) is 6.70. The molecule has 1 N–H and O–H groups in total. The highest BCUT2D eigenvalue weighted by Gasteiger charge is 2.17. The van der Waals surface area contributed by atoms with Crippen LogP contribution in [0.4, 0.5) is 5.69 Å². The van der Waals surface area contributed by atoms with Crippen molar-refractivity contribution >= 4 is 11.6 Å². The lowest BCUT2D eigenvalue weighted by atomic mass is 9.85. The number of hydrogen-bond donors (Lipinski definition) is 1. The quantitative estimate of drug-likeness (QED) is 0.866. The van der Waals surface area contributed by atoms with Gasteiger partial charge in [0, 0.05) is 32.7 Å². The normalized spacial score (nSPS) is 15.0. The fourth-order valence-electron chi connectivity index (χ4n) is 2.15. The minimum absolute atomic E-state index is 0.101. The molecule has 1 aromatic rings. The Morgan fingerprint density at radius 2 is 2.11 bits per heavy atom. The van der Waals surface area contributed by atoms with Crippen LogP contribution in [-0.2, 0) is 11.3 Å². The molecule has 3 heteroatoms. The first-order chi connectivity index (χ1) is 8.66. The van der Waals surface area contributed by atoms with Gasteiger partial charge in [0.05, 0.1) is 0 Å². The van der Waals surface area contributed by atoms with Gasteiger partial charge in [0.15, 0.2) is 0 Å². The molecule has 0 bridgehead atoms. The van der Waals surface area contributed by atoms with Crippen LogP contribution in [0.1, 0.15) is 31.7 Å². The molecule has 0 aliphatic heterocycles. The van der Waals surface area contributed by atoms with Gasteiger partial charge in [-0.05, 0) is 30.4 Å². The summed E-state index contributed by atoms with van der Waals surface area (Å²) in [5.74, 6) is 0.937. The highest BCUT2D eigenvalue weighted by molar-refractivity contribution is 5.73. The van der Waals surface area contributed by atoms with Crippen LogP contribution >= 0.6 is 0 Å². The Bertz CT molecular complexity index is 413. The molecule has 1 fully saturated rings. The largest absolute Gasteiger partial charge is 0.384 e. The number of nitrogens with one attached hydrogen (secondary N) is 1. The molecule has 2 rings (SSSR count). The number of carbonyl (C=O) groups excluding carboxylic acids is 1. The highest BCUT2D eigenvalue weighted by Crippen LogP contribution is 2.27. The van der Waals surface area contributed by atoms with Crippen LogP contribution in [0.15, 0.2) is 24.3 Å². The number of amides is 1. The van der Waals surface area contributed by atoms with Gasteiger partial charge >= 0.3 is 0 Å². The zero-order valence-electron chi connectivity index (χ0n) is 11.3. The van der Waals surface area contributed by atoms with Crippen molar-refractivity contribution in [3.05, 3.63) is 29.8 Å². The molecular formula is C15H22N2O. The summed E-state index contributed by atoms with van der Waals surface area (Å²) in [4.78, 5) is 13.0. The van der Waals surface area contributed by atoms with E-state index in [4.69, 9.17) is 0 Å². The Balaban J connectivity index is 1.97. The van der Waals surface area contributed by atoms with Crippen molar-refractivity contribution in [3.63, 3.8) is 0 Å². The third kappa shape index (κ3) is 3.25. The van der Waals surface area contributed by atoms with Crippen molar-refractivity contribution < 1.29 is 4.79 Å². The summed E-state index contributed by atoms with van der Waals surface area (Å²) in [6.45, 7) is 3.33. The minimum atomic E-state index is 0.101. The predicted octanol–water partition coefficient (Wildman–Crippen LogP) is 2.88. The minimum Gasteiger partial charge on any atom is -0.384 e. The summed E-state index contributed by atoms with van der Waals surface area (Å²) in [7, 11) is 1.84. The molecule has 1 aliphatic carbocycles. The molecule has 0 atom stereocenters. The molecule has 0 heterocycles. The van der Waals surface area contributed by atoms with Crippen LogP contribution in [-0.4, -0.2) is 24.4 Å². The van der Waals surface area contributed by atoms with Gasteiger partial charge in [0.1, 0.15) is 0 Å². The number of rotatable bonds is 5. The second-order valence-corrected chi connectivity index (χ2v) is 5.21. The maximum atomic E-state index is 11.3. The first-order valence-corrected chi connectivity index (χ1v) is 6.70. The van der Waals surface area contributed by atoms with E-state index in [0.717, 1.165) is 18.2 Å². The van der Waals surface area contributed by atoms with E-state index in [-0.39, 0.29) is 5.91 Å². The second-order valence-electron chi connectivity index (χ2n) is 5.21. The standard InChI is InChI=1S/C15H22N2O/c1-12(18)17(2)11-14-8-3-4-9-15(14)16-10-13-6-5-7-13/h3-4,8-9,13,16H,5-7,10-11H2,1-2H3. The van der Waals surface area contributed by atoms with E-state index in [2.05, 4.69) is 17.4 Å². The summed E-state index contributed by atoms with van der Waals surface area (Å²) in [6.07, 6.45) is 4.08. The predicted molar refractivity (Wildman–Crippen MR) is 74.4 cm³/mol. The smallest absolute Gasteiger partial charge is 0.219 e. The maximum Gasteiger partial charge on any atom is 0.219 e. The molecule has 0 spiro atoms. The molecule has 1 aliphatic rings. The van der Waals surface area contributed by atoms with Gasteiger partial charge in [0.25, 0.3) is 0 Å². The number of nitrogens with zero attached hydrogens (tertiary/aromatic N) is 1. The Morgan fingerprint density at radius 3 is 2.72 bits per heavy atom. The number of hydrogen-bond acceptors (Lipinski definition) is 2. The molecule has 98 valence electrons. The van der Waals surface area contributed by atoms with Crippen LogP contribution in [0.25, 0.3) is 0 Å². The molecule has 0 saturated heterocycles. The number of para-hydroxylation sites is 1. The average molecular weight is 246 g/mol. The maximum absolute atomic E-state index is 11.3. The first kappa shape index (κ1) is 12.9. The lowest BCUT2D eigenvalue weighted by molar-refractivity contribution is -0.128. The van der Waals surface area contributed by atoms with Crippen molar-refractivity contribution in [3.8, 4) is 0 Å².